The van der Waals surface area contributed by atoms with Crippen LogP contribution in [0.5, 0.6) is 0 Å². The quantitative estimate of drug-likeness (QED) is 0.455. The van der Waals surface area contributed by atoms with Crippen LogP contribution < -0.4 is 0 Å². The molecule has 0 radical (unpaired) electrons. The summed E-state index contributed by atoms with van der Waals surface area (Å²) in [5.41, 5.74) is 0.682. The smallest absolute Gasteiger partial charge is 0.311 e. The van der Waals surface area contributed by atoms with Crippen molar-refractivity contribution in [1.29, 1.82) is 0 Å². The Morgan fingerprint density at radius 3 is 2.69 bits per heavy atom. The van der Waals surface area contributed by atoms with Crippen LogP contribution in [0.3, 0.4) is 0 Å². The van der Waals surface area contributed by atoms with Gasteiger partial charge < -0.3 is 9.64 Å². The van der Waals surface area contributed by atoms with Crippen LogP contribution in [0, 0.1) is 16.0 Å². The highest BCUT2D eigenvalue weighted by atomic mass is 32.1. The second kappa shape index (κ2) is 8.09. The largest absolute Gasteiger partial charge is 0.461 e. The fourth-order valence-electron chi connectivity index (χ4n) is 2.90. The Morgan fingerprint density at radius 1 is 1.27 bits per heavy atom. The number of hydrogen-bond donors (Lipinski definition) is 0. The van der Waals surface area contributed by atoms with E-state index >= 15 is 0 Å². The fraction of sp³-hybridized carbons (Fsp3) is 0.333. The Bertz CT molecular complexity index is 788. The molecule has 0 aliphatic carbocycles. The lowest BCUT2D eigenvalue weighted by Gasteiger charge is -2.31. The van der Waals surface area contributed by atoms with Crippen LogP contribution in [0.1, 0.15) is 28.1 Å². The molecule has 1 aliphatic rings. The Kier molecular flexibility index (Phi) is 5.62. The average Bonchev–Trinajstić information content (AvgIpc) is 3.20. The number of ether oxygens (including phenoxy) is 1. The van der Waals surface area contributed by atoms with Gasteiger partial charge in [-0.15, -0.1) is 11.3 Å². The SMILES string of the molecule is O=C(OCc1ccc([N+](=O)[O-])cc1)C1CCCN(C(=O)c2cccs2)C1. The summed E-state index contributed by atoms with van der Waals surface area (Å²) in [5.74, 6) is -0.731. The lowest BCUT2D eigenvalue weighted by atomic mass is 9.98. The van der Waals surface area contributed by atoms with Gasteiger partial charge in [0.1, 0.15) is 6.61 Å². The first-order chi connectivity index (χ1) is 12.5. The number of nitro benzene ring substituents is 1. The van der Waals surface area contributed by atoms with Crippen molar-refractivity contribution in [2.75, 3.05) is 13.1 Å². The second-order valence-electron chi connectivity index (χ2n) is 6.10. The summed E-state index contributed by atoms with van der Waals surface area (Å²) in [7, 11) is 0. The summed E-state index contributed by atoms with van der Waals surface area (Å²) in [5, 5.41) is 12.5. The van der Waals surface area contributed by atoms with Gasteiger partial charge in [-0.25, -0.2) is 0 Å². The van der Waals surface area contributed by atoms with E-state index in [2.05, 4.69) is 0 Å². The number of hydrogen-bond acceptors (Lipinski definition) is 6. The first-order valence-corrected chi connectivity index (χ1v) is 9.15. The molecule has 1 atom stereocenters. The Morgan fingerprint density at radius 2 is 2.04 bits per heavy atom. The second-order valence-corrected chi connectivity index (χ2v) is 7.05. The number of rotatable bonds is 5. The van der Waals surface area contributed by atoms with Gasteiger partial charge in [0.2, 0.25) is 0 Å². The summed E-state index contributed by atoms with van der Waals surface area (Å²) in [4.78, 5) is 37.3. The van der Waals surface area contributed by atoms with Crippen molar-refractivity contribution in [2.24, 2.45) is 5.92 Å². The van der Waals surface area contributed by atoms with E-state index in [1.54, 1.807) is 23.1 Å². The molecule has 0 N–H and O–H groups in total. The third-order valence-electron chi connectivity index (χ3n) is 4.30. The van der Waals surface area contributed by atoms with Crippen molar-refractivity contribution in [3.05, 3.63) is 62.3 Å². The monoisotopic (exact) mass is 374 g/mol. The number of nitrogens with zero attached hydrogens (tertiary/aromatic N) is 2. The van der Waals surface area contributed by atoms with Gasteiger partial charge in [0, 0.05) is 25.2 Å². The topological polar surface area (TPSA) is 89.8 Å². The number of nitro groups is 1. The maximum absolute atomic E-state index is 12.4. The van der Waals surface area contributed by atoms with E-state index in [0.29, 0.717) is 30.0 Å². The number of non-ortho nitro benzene ring substituents is 1. The number of esters is 1. The third-order valence-corrected chi connectivity index (χ3v) is 5.16. The van der Waals surface area contributed by atoms with Crippen LogP contribution in [0.15, 0.2) is 41.8 Å². The minimum absolute atomic E-state index is 0.00455. The van der Waals surface area contributed by atoms with Crippen LogP contribution in [-0.4, -0.2) is 34.8 Å². The zero-order valence-electron chi connectivity index (χ0n) is 14.0. The number of carbonyl (C=O) groups excluding carboxylic acids is 2. The number of thiophene rings is 1. The van der Waals surface area contributed by atoms with Crippen LogP contribution >= 0.6 is 11.3 Å². The summed E-state index contributed by atoms with van der Waals surface area (Å²) >= 11 is 1.39. The fourth-order valence-corrected chi connectivity index (χ4v) is 3.59. The zero-order valence-corrected chi connectivity index (χ0v) is 14.8. The maximum Gasteiger partial charge on any atom is 0.311 e. The van der Waals surface area contributed by atoms with E-state index in [-0.39, 0.29) is 30.1 Å². The number of piperidine rings is 1. The molecule has 1 aliphatic heterocycles. The predicted octanol–water partition coefficient (Wildman–Crippen LogP) is 3.25. The molecule has 0 saturated carbocycles. The molecule has 0 spiro atoms. The van der Waals surface area contributed by atoms with Crippen LogP contribution in [-0.2, 0) is 16.1 Å². The first-order valence-electron chi connectivity index (χ1n) is 8.27. The van der Waals surface area contributed by atoms with Crippen LogP contribution in [0.2, 0.25) is 0 Å². The van der Waals surface area contributed by atoms with Crippen molar-refractivity contribution < 1.29 is 19.2 Å². The van der Waals surface area contributed by atoms with Crippen molar-refractivity contribution in [3.8, 4) is 0 Å². The highest BCUT2D eigenvalue weighted by molar-refractivity contribution is 7.12. The van der Waals surface area contributed by atoms with Gasteiger partial charge >= 0.3 is 5.97 Å². The van der Waals surface area contributed by atoms with E-state index in [1.807, 2.05) is 11.4 Å². The van der Waals surface area contributed by atoms with Crippen LogP contribution in [0.25, 0.3) is 0 Å². The number of amides is 1. The van der Waals surface area contributed by atoms with Crippen molar-refractivity contribution >= 4 is 28.9 Å². The molecule has 2 aromatic rings. The van der Waals surface area contributed by atoms with E-state index in [1.165, 1.54) is 23.5 Å². The molecule has 1 unspecified atom stereocenters. The molecule has 3 rings (SSSR count). The predicted molar refractivity (Wildman–Crippen MR) is 95.8 cm³/mol. The lowest BCUT2D eigenvalue weighted by molar-refractivity contribution is -0.384. The minimum Gasteiger partial charge on any atom is -0.461 e. The lowest BCUT2D eigenvalue weighted by Crippen LogP contribution is -2.42. The molecule has 7 nitrogen and oxygen atoms in total. The normalized spacial score (nSPS) is 16.9. The molecule has 1 aromatic heterocycles. The number of carbonyl (C=O) groups is 2. The van der Waals surface area contributed by atoms with Gasteiger partial charge in [0.15, 0.2) is 0 Å². The average molecular weight is 374 g/mol. The number of likely N-dealkylation sites (tertiary alicyclic amines) is 1. The molecule has 1 amide bonds. The van der Waals surface area contributed by atoms with Crippen molar-refractivity contribution in [3.63, 3.8) is 0 Å². The molecule has 1 aromatic carbocycles. The molecular weight excluding hydrogens is 356 g/mol. The van der Waals surface area contributed by atoms with Gasteiger partial charge in [-0.2, -0.15) is 0 Å². The zero-order chi connectivity index (χ0) is 18.5. The Hall–Kier alpha value is -2.74. The molecule has 136 valence electrons. The Labute approximate surface area is 154 Å². The van der Waals surface area contributed by atoms with Gasteiger partial charge in [-0.1, -0.05) is 6.07 Å². The van der Waals surface area contributed by atoms with E-state index in [0.717, 1.165) is 6.42 Å². The highest BCUT2D eigenvalue weighted by Crippen LogP contribution is 2.22. The van der Waals surface area contributed by atoms with Gasteiger partial charge in [-0.05, 0) is 42.0 Å². The van der Waals surface area contributed by atoms with E-state index in [9.17, 15) is 19.7 Å². The van der Waals surface area contributed by atoms with Crippen molar-refractivity contribution in [2.45, 2.75) is 19.4 Å². The third kappa shape index (κ3) is 4.26. The molecule has 8 heteroatoms. The van der Waals surface area contributed by atoms with Gasteiger partial charge in [-0.3, -0.25) is 19.7 Å². The van der Waals surface area contributed by atoms with Crippen LogP contribution in [0.4, 0.5) is 5.69 Å². The molecule has 26 heavy (non-hydrogen) atoms. The first kappa shape index (κ1) is 18.1. The van der Waals surface area contributed by atoms with Gasteiger partial charge in [0.25, 0.3) is 11.6 Å². The van der Waals surface area contributed by atoms with Crippen molar-refractivity contribution in [1.82, 2.24) is 4.90 Å². The summed E-state index contributed by atoms with van der Waals surface area (Å²) in [6.45, 7) is 1.06. The molecule has 0 bridgehead atoms. The molecule has 1 saturated heterocycles. The Balaban J connectivity index is 1.54. The van der Waals surface area contributed by atoms with E-state index < -0.39 is 4.92 Å². The minimum atomic E-state index is -0.475. The summed E-state index contributed by atoms with van der Waals surface area (Å²) in [6, 6.07) is 9.51. The maximum atomic E-state index is 12.4. The standard InChI is InChI=1S/C18H18N2O5S/c21-17(16-4-2-10-26-16)19-9-1-3-14(11-19)18(22)25-12-13-5-7-15(8-6-13)20(23)24/h2,4-8,10,14H,1,3,9,11-12H2. The summed E-state index contributed by atoms with van der Waals surface area (Å²) in [6.07, 6.45) is 1.45. The number of benzene rings is 1. The molecular formula is C18H18N2O5S. The molecule has 1 fully saturated rings. The van der Waals surface area contributed by atoms with E-state index in [4.69, 9.17) is 4.74 Å². The van der Waals surface area contributed by atoms with Gasteiger partial charge in [0.05, 0.1) is 15.7 Å². The molecule has 2 heterocycles. The summed E-state index contributed by atoms with van der Waals surface area (Å²) < 4.78 is 5.34. The highest BCUT2D eigenvalue weighted by Gasteiger charge is 2.30.